The highest BCUT2D eigenvalue weighted by atomic mass is 32.2. The van der Waals surface area contributed by atoms with E-state index in [0.29, 0.717) is 24.4 Å². The van der Waals surface area contributed by atoms with Crippen LogP contribution in [0, 0.1) is 6.92 Å². The fourth-order valence-electron chi connectivity index (χ4n) is 2.08. The molecule has 0 fully saturated rings. The van der Waals surface area contributed by atoms with Gasteiger partial charge in [0, 0.05) is 24.8 Å². The van der Waals surface area contributed by atoms with E-state index in [4.69, 9.17) is 4.42 Å². The lowest BCUT2D eigenvalue weighted by Crippen LogP contribution is -2.24. The number of carbonyl (C=O) groups excluding carboxylic acids is 1. The number of rotatable bonds is 8. The van der Waals surface area contributed by atoms with Crippen molar-refractivity contribution >= 4 is 15.7 Å². The Balaban J connectivity index is 1.64. The van der Waals surface area contributed by atoms with E-state index in [9.17, 15) is 13.2 Å². The van der Waals surface area contributed by atoms with Gasteiger partial charge in [-0.1, -0.05) is 29.2 Å². The molecule has 0 aliphatic carbocycles. The van der Waals surface area contributed by atoms with Gasteiger partial charge in [0.2, 0.25) is 15.7 Å². The summed E-state index contributed by atoms with van der Waals surface area (Å²) in [5, 5.41) is 9.74. The first-order valence-corrected chi connectivity index (χ1v) is 9.63. The molecule has 8 heteroatoms. The zero-order valence-electron chi connectivity index (χ0n) is 13.8. The molecule has 0 aliphatic heterocycles. The van der Waals surface area contributed by atoms with Gasteiger partial charge in [0.05, 0.1) is 0 Å². The molecule has 2 rings (SSSR count). The van der Waals surface area contributed by atoms with Gasteiger partial charge in [0.1, 0.15) is 0 Å². The number of hydrogen-bond donors (Lipinski definition) is 1. The van der Waals surface area contributed by atoms with Crippen LogP contribution in [0.15, 0.2) is 33.9 Å². The molecule has 0 saturated carbocycles. The van der Waals surface area contributed by atoms with Gasteiger partial charge in [-0.2, -0.15) is 0 Å². The van der Waals surface area contributed by atoms with E-state index in [1.807, 2.05) is 19.1 Å². The number of nitrogens with one attached hydrogen (secondary N) is 1. The molecule has 1 amide bonds. The number of unbranched alkanes of at least 4 members (excludes halogenated alkanes) is 2. The van der Waals surface area contributed by atoms with Crippen molar-refractivity contribution in [3.63, 3.8) is 0 Å². The summed E-state index contributed by atoms with van der Waals surface area (Å²) in [4.78, 5) is 11.9. The molecule has 1 N–H and O–H groups in total. The number of amides is 1. The lowest BCUT2D eigenvalue weighted by Gasteiger charge is -2.05. The minimum Gasteiger partial charge on any atom is -0.413 e. The third-order valence-corrected chi connectivity index (χ3v) is 4.23. The van der Waals surface area contributed by atoms with E-state index >= 15 is 0 Å². The van der Waals surface area contributed by atoms with Crippen LogP contribution >= 0.6 is 0 Å². The van der Waals surface area contributed by atoms with E-state index in [1.54, 1.807) is 12.1 Å². The largest absolute Gasteiger partial charge is 0.413 e. The molecule has 2 aromatic rings. The number of aryl methyl sites for hydroxylation is 2. The van der Waals surface area contributed by atoms with Crippen LogP contribution in [-0.2, 0) is 16.3 Å². The van der Waals surface area contributed by atoms with Crippen molar-refractivity contribution in [2.24, 2.45) is 0 Å². The Hall–Kier alpha value is -2.22. The number of aromatic nitrogens is 2. The summed E-state index contributed by atoms with van der Waals surface area (Å²) in [6.07, 6.45) is 4.02. The second kappa shape index (κ2) is 8.05. The molecule has 130 valence electrons. The van der Waals surface area contributed by atoms with Crippen LogP contribution in [0.3, 0.4) is 0 Å². The van der Waals surface area contributed by atoms with Crippen LogP contribution in [-0.4, -0.2) is 37.3 Å². The van der Waals surface area contributed by atoms with Gasteiger partial charge in [0.25, 0.3) is 5.91 Å². The summed E-state index contributed by atoms with van der Waals surface area (Å²) >= 11 is 0. The lowest BCUT2D eigenvalue weighted by atomic mass is 10.1. The van der Waals surface area contributed by atoms with E-state index in [0.717, 1.165) is 31.1 Å². The molecule has 0 bridgehead atoms. The summed E-state index contributed by atoms with van der Waals surface area (Å²) in [6, 6.07) is 7.42. The van der Waals surface area contributed by atoms with Crippen LogP contribution in [0.25, 0.3) is 0 Å². The number of carbonyl (C=O) groups is 1. The molecule has 1 aromatic carbocycles. The smallest absolute Gasteiger partial charge is 0.335 e. The highest BCUT2D eigenvalue weighted by Gasteiger charge is 2.16. The second-order valence-electron chi connectivity index (χ2n) is 5.67. The van der Waals surface area contributed by atoms with Crippen molar-refractivity contribution in [2.75, 3.05) is 12.8 Å². The van der Waals surface area contributed by atoms with E-state index in [2.05, 4.69) is 15.5 Å². The van der Waals surface area contributed by atoms with Gasteiger partial charge in [0.15, 0.2) is 0 Å². The summed E-state index contributed by atoms with van der Waals surface area (Å²) in [5.74, 6) is 0.240. The van der Waals surface area contributed by atoms with Crippen LogP contribution in [0.2, 0.25) is 0 Å². The van der Waals surface area contributed by atoms with Crippen molar-refractivity contribution in [3.05, 3.63) is 41.3 Å². The molecule has 0 aliphatic rings. The van der Waals surface area contributed by atoms with Crippen molar-refractivity contribution < 1.29 is 17.6 Å². The van der Waals surface area contributed by atoms with Crippen molar-refractivity contribution in [1.29, 1.82) is 0 Å². The molecular formula is C16H21N3O4S. The maximum Gasteiger partial charge on any atom is 0.335 e. The van der Waals surface area contributed by atoms with Crippen molar-refractivity contribution in [3.8, 4) is 0 Å². The van der Waals surface area contributed by atoms with Crippen LogP contribution in [0.1, 0.15) is 41.1 Å². The SMILES string of the molecule is Cc1ccc(C(=O)NCCCCCc2nnc(S(C)(=O)=O)o2)cc1. The number of nitrogens with zero attached hydrogens (tertiary/aromatic N) is 2. The van der Waals surface area contributed by atoms with Gasteiger partial charge in [-0.15, -0.1) is 5.10 Å². The number of sulfone groups is 1. The Kier molecular flexibility index (Phi) is 6.08. The molecule has 0 atom stereocenters. The molecule has 24 heavy (non-hydrogen) atoms. The minimum absolute atomic E-state index is 0.0790. The second-order valence-corrected chi connectivity index (χ2v) is 7.56. The summed E-state index contributed by atoms with van der Waals surface area (Å²) in [7, 11) is -3.45. The molecule has 1 heterocycles. The lowest BCUT2D eigenvalue weighted by molar-refractivity contribution is 0.0953. The van der Waals surface area contributed by atoms with Crippen LogP contribution in [0.4, 0.5) is 0 Å². The molecule has 1 aromatic heterocycles. The van der Waals surface area contributed by atoms with Gasteiger partial charge >= 0.3 is 5.22 Å². The normalized spacial score (nSPS) is 11.4. The number of hydrogen-bond acceptors (Lipinski definition) is 6. The standard InChI is InChI=1S/C16H21N3O4S/c1-12-7-9-13(10-8-12)15(20)17-11-5-3-4-6-14-18-19-16(23-14)24(2,21)22/h7-10H,3-6,11H2,1-2H3,(H,17,20). The average Bonchev–Trinajstić information content (AvgIpc) is 3.00. The van der Waals surface area contributed by atoms with E-state index in [-0.39, 0.29) is 11.1 Å². The van der Waals surface area contributed by atoms with E-state index < -0.39 is 9.84 Å². The average molecular weight is 351 g/mol. The topological polar surface area (TPSA) is 102 Å². The van der Waals surface area contributed by atoms with Crippen LogP contribution in [0.5, 0.6) is 0 Å². The molecule has 0 unspecified atom stereocenters. The highest BCUT2D eigenvalue weighted by Crippen LogP contribution is 2.10. The molecular weight excluding hydrogens is 330 g/mol. The Bertz CT molecular complexity index is 782. The van der Waals surface area contributed by atoms with Gasteiger partial charge in [-0.3, -0.25) is 4.79 Å². The predicted octanol–water partition coefficient (Wildman–Crippen LogP) is 1.92. The molecule has 0 saturated heterocycles. The first-order valence-electron chi connectivity index (χ1n) is 7.73. The fourth-order valence-corrected chi connectivity index (χ4v) is 2.51. The van der Waals surface area contributed by atoms with Crippen molar-refractivity contribution in [1.82, 2.24) is 15.5 Å². The Morgan fingerprint density at radius 3 is 2.46 bits per heavy atom. The third-order valence-electron chi connectivity index (χ3n) is 3.43. The first-order chi connectivity index (χ1) is 11.4. The maximum absolute atomic E-state index is 11.9. The summed E-state index contributed by atoms with van der Waals surface area (Å²) in [5.41, 5.74) is 1.77. The van der Waals surface area contributed by atoms with Gasteiger partial charge in [-0.05, 0) is 31.9 Å². The Labute approximate surface area is 141 Å². The fraction of sp³-hybridized carbons (Fsp3) is 0.438. The third kappa shape index (κ3) is 5.45. The quantitative estimate of drug-likeness (QED) is 0.729. The molecule has 7 nitrogen and oxygen atoms in total. The highest BCUT2D eigenvalue weighted by molar-refractivity contribution is 7.90. The Morgan fingerprint density at radius 2 is 1.83 bits per heavy atom. The number of benzene rings is 1. The monoisotopic (exact) mass is 351 g/mol. The summed E-state index contributed by atoms with van der Waals surface area (Å²) in [6.45, 7) is 2.56. The molecule has 0 radical (unpaired) electrons. The zero-order chi connectivity index (χ0) is 17.6. The van der Waals surface area contributed by atoms with Gasteiger partial charge < -0.3 is 9.73 Å². The summed E-state index contributed by atoms with van der Waals surface area (Å²) < 4.78 is 27.5. The minimum atomic E-state index is -3.45. The predicted molar refractivity (Wildman–Crippen MR) is 88.5 cm³/mol. The van der Waals surface area contributed by atoms with E-state index in [1.165, 1.54) is 0 Å². The van der Waals surface area contributed by atoms with Crippen molar-refractivity contribution in [2.45, 2.75) is 37.8 Å². The maximum atomic E-state index is 11.9. The van der Waals surface area contributed by atoms with Gasteiger partial charge in [-0.25, -0.2) is 8.42 Å². The molecule has 0 spiro atoms. The van der Waals surface area contributed by atoms with Crippen LogP contribution < -0.4 is 5.32 Å². The zero-order valence-corrected chi connectivity index (χ0v) is 14.6. The first kappa shape index (κ1) is 18.1. The Morgan fingerprint density at radius 1 is 1.12 bits per heavy atom.